The first-order valence-corrected chi connectivity index (χ1v) is 10.3. The van der Waals surface area contributed by atoms with Gasteiger partial charge in [0.15, 0.2) is 0 Å². The Morgan fingerprint density at radius 2 is 1.67 bits per heavy atom. The van der Waals surface area contributed by atoms with E-state index in [9.17, 15) is 8.42 Å². The molecule has 0 heterocycles. The van der Waals surface area contributed by atoms with Crippen LogP contribution in [0.3, 0.4) is 0 Å². The van der Waals surface area contributed by atoms with Crippen molar-refractivity contribution in [1.29, 1.82) is 0 Å². The Balaban J connectivity index is 2.62. The summed E-state index contributed by atoms with van der Waals surface area (Å²) >= 11 is 0. The molecule has 1 N–H and O–H groups in total. The maximum atomic E-state index is 10.8. The molecule has 0 aromatic heterocycles. The van der Waals surface area contributed by atoms with E-state index < -0.39 is 10.1 Å². The molecule has 0 saturated heterocycles. The highest BCUT2D eigenvalue weighted by atomic mass is 32.2. The third-order valence-electron chi connectivity index (χ3n) is 4.36. The number of hydrogen-bond acceptors (Lipinski definition) is 2. The van der Waals surface area contributed by atoms with Crippen molar-refractivity contribution in [3.63, 3.8) is 0 Å². The van der Waals surface area contributed by atoms with E-state index in [0.717, 1.165) is 12.8 Å². The number of allylic oxidation sites excluding steroid dienone is 1. The molecule has 0 saturated carbocycles. The van der Waals surface area contributed by atoms with Gasteiger partial charge in [0, 0.05) is 0 Å². The number of hydrogen-bond donors (Lipinski definition) is 1. The van der Waals surface area contributed by atoms with Crippen molar-refractivity contribution in [3.05, 3.63) is 41.5 Å². The van der Waals surface area contributed by atoms with E-state index in [1.54, 1.807) is 0 Å². The van der Waals surface area contributed by atoms with E-state index >= 15 is 0 Å². The average Bonchev–Trinajstić information content (AvgIpc) is 2.44. The first-order valence-electron chi connectivity index (χ1n) is 8.73. The zero-order chi connectivity index (χ0) is 18.4. The summed E-state index contributed by atoms with van der Waals surface area (Å²) in [6.07, 6.45) is 6.62. The molecular weight excluding hydrogens is 320 g/mol. The first kappa shape index (κ1) is 20.9. The summed E-state index contributed by atoms with van der Waals surface area (Å²) in [5.74, 6) is 0.769. The second-order valence-electron chi connectivity index (χ2n) is 7.92. The van der Waals surface area contributed by atoms with Gasteiger partial charge in [-0.15, -0.1) is 0 Å². The molecule has 1 aromatic rings. The summed E-state index contributed by atoms with van der Waals surface area (Å²) in [6, 6.07) is 8.64. The molecular formula is C20H32O3S. The lowest BCUT2D eigenvalue weighted by Gasteiger charge is -2.19. The Hall–Kier alpha value is -1.13. The molecule has 0 aliphatic heterocycles. The van der Waals surface area contributed by atoms with Crippen LogP contribution in [-0.2, 0) is 15.5 Å². The molecule has 0 spiro atoms. The molecule has 0 bridgehead atoms. The Morgan fingerprint density at radius 3 is 2.12 bits per heavy atom. The highest BCUT2D eigenvalue weighted by Crippen LogP contribution is 2.24. The van der Waals surface area contributed by atoms with Crippen LogP contribution in [0.1, 0.15) is 65.0 Å². The summed E-state index contributed by atoms with van der Waals surface area (Å²) in [7, 11) is -3.83. The number of unbranched alkanes of at least 4 members (excludes halogenated alkanes) is 1. The molecule has 3 nitrogen and oxygen atoms in total. The van der Waals surface area contributed by atoms with Crippen molar-refractivity contribution < 1.29 is 13.0 Å². The van der Waals surface area contributed by atoms with Crippen LogP contribution in [-0.4, -0.2) is 18.7 Å². The van der Waals surface area contributed by atoms with Crippen molar-refractivity contribution in [2.45, 2.75) is 59.3 Å². The molecule has 4 heteroatoms. The van der Waals surface area contributed by atoms with Gasteiger partial charge in [0.2, 0.25) is 0 Å². The summed E-state index contributed by atoms with van der Waals surface area (Å²) in [4.78, 5) is 0. The molecule has 24 heavy (non-hydrogen) atoms. The van der Waals surface area contributed by atoms with Crippen LogP contribution in [0.2, 0.25) is 0 Å². The zero-order valence-electron chi connectivity index (χ0n) is 15.6. The van der Waals surface area contributed by atoms with Gasteiger partial charge in [0.25, 0.3) is 10.1 Å². The van der Waals surface area contributed by atoms with Gasteiger partial charge < -0.3 is 0 Å². The van der Waals surface area contributed by atoms with Crippen molar-refractivity contribution >= 4 is 16.2 Å². The van der Waals surface area contributed by atoms with Gasteiger partial charge in [-0.3, -0.25) is 4.55 Å². The maximum absolute atomic E-state index is 10.8. The van der Waals surface area contributed by atoms with Crippen molar-refractivity contribution in [3.8, 4) is 0 Å². The highest BCUT2D eigenvalue weighted by Gasteiger charge is 2.13. The van der Waals surface area contributed by atoms with E-state index in [-0.39, 0.29) is 11.2 Å². The predicted molar refractivity (Wildman–Crippen MR) is 103 cm³/mol. The predicted octanol–water partition coefficient (Wildman–Crippen LogP) is 5.33. The second-order valence-corrected chi connectivity index (χ2v) is 9.49. The van der Waals surface area contributed by atoms with Gasteiger partial charge in [0.05, 0.1) is 5.75 Å². The molecule has 0 fully saturated rings. The quantitative estimate of drug-likeness (QED) is 0.508. The van der Waals surface area contributed by atoms with Gasteiger partial charge >= 0.3 is 0 Å². The molecule has 0 amide bonds. The summed E-state index contributed by atoms with van der Waals surface area (Å²) in [5, 5.41) is 0. The Kier molecular flexibility index (Phi) is 7.68. The fraction of sp³-hybridized carbons (Fsp3) is 0.600. The minimum absolute atomic E-state index is 0.143. The topological polar surface area (TPSA) is 54.4 Å². The van der Waals surface area contributed by atoms with Crippen LogP contribution in [0.15, 0.2) is 30.3 Å². The van der Waals surface area contributed by atoms with Crippen molar-refractivity contribution in [2.24, 2.45) is 11.8 Å². The maximum Gasteiger partial charge on any atom is 0.264 e. The minimum atomic E-state index is -3.83. The van der Waals surface area contributed by atoms with Crippen LogP contribution in [0.4, 0.5) is 0 Å². The summed E-state index contributed by atoms with van der Waals surface area (Å²) in [6.45, 7) is 11.0. The van der Waals surface area contributed by atoms with Crippen molar-refractivity contribution in [2.75, 3.05) is 5.75 Å². The lowest BCUT2D eigenvalue weighted by molar-refractivity contribution is 0.421. The molecule has 0 unspecified atom stereocenters. The second kappa shape index (κ2) is 8.82. The van der Waals surface area contributed by atoms with Gasteiger partial charge in [0.1, 0.15) is 0 Å². The van der Waals surface area contributed by atoms with Gasteiger partial charge in [-0.25, -0.2) is 0 Å². The average molecular weight is 353 g/mol. The van der Waals surface area contributed by atoms with Gasteiger partial charge in [-0.2, -0.15) is 8.42 Å². The largest absolute Gasteiger partial charge is 0.286 e. The van der Waals surface area contributed by atoms with Crippen molar-refractivity contribution in [1.82, 2.24) is 0 Å². The lowest BCUT2D eigenvalue weighted by atomic mass is 9.86. The first-order chi connectivity index (χ1) is 11.0. The minimum Gasteiger partial charge on any atom is -0.286 e. The Morgan fingerprint density at radius 1 is 1.08 bits per heavy atom. The Bertz CT molecular complexity index is 620. The molecule has 0 radical (unpaired) electrons. The fourth-order valence-electron chi connectivity index (χ4n) is 2.65. The highest BCUT2D eigenvalue weighted by molar-refractivity contribution is 7.85. The summed E-state index contributed by atoms with van der Waals surface area (Å²) in [5.41, 5.74) is 2.67. The standard InChI is InChI=1S/C20H32O3S/c1-16(2)18(8-6-7-15-24(21,22)23)12-9-17-10-13-19(14-11-17)20(3,4)5/h9-14,16,18H,6-8,15H2,1-5H3,(H,21,22,23)/b12-9+/t18-/m1/s1. The van der Waals surface area contributed by atoms with Crippen LogP contribution in [0.25, 0.3) is 6.08 Å². The zero-order valence-corrected chi connectivity index (χ0v) is 16.4. The van der Waals surface area contributed by atoms with E-state index in [1.807, 2.05) is 0 Å². The Labute approximate surface area is 147 Å². The molecule has 1 atom stereocenters. The van der Waals surface area contributed by atoms with Crippen LogP contribution < -0.4 is 0 Å². The van der Waals surface area contributed by atoms with E-state index in [0.29, 0.717) is 18.3 Å². The van der Waals surface area contributed by atoms with Gasteiger partial charge in [-0.1, -0.05) is 77.5 Å². The molecule has 136 valence electrons. The van der Waals surface area contributed by atoms with Crippen LogP contribution >= 0.6 is 0 Å². The third kappa shape index (κ3) is 8.11. The van der Waals surface area contributed by atoms with E-state index in [2.05, 4.69) is 71.0 Å². The number of benzene rings is 1. The smallest absolute Gasteiger partial charge is 0.264 e. The van der Waals surface area contributed by atoms with E-state index in [4.69, 9.17) is 4.55 Å². The van der Waals surface area contributed by atoms with Crippen LogP contribution in [0.5, 0.6) is 0 Å². The molecule has 0 aliphatic carbocycles. The molecule has 0 aliphatic rings. The van der Waals surface area contributed by atoms with Crippen LogP contribution in [0, 0.1) is 11.8 Å². The molecule has 1 aromatic carbocycles. The summed E-state index contributed by atoms with van der Waals surface area (Å²) < 4.78 is 30.3. The van der Waals surface area contributed by atoms with E-state index in [1.165, 1.54) is 11.1 Å². The fourth-order valence-corrected chi connectivity index (χ4v) is 3.21. The SMILES string of the molecule is CC(C)[C@@H](/C=C/c1ccc(C(C)(C)C)cc1)CCCCS(=O)(=O)O. The monoisotopic (exact) mass is 352 g/mol. The third-order valence-corrected chi connectivity index (χ3v) is 5.16. The lowest BCUT2D eigenvalue weighted by Crippen LogP contribution is -2.10. The van der Waals surface area contributed by atoms with Gasteiger partial charge in [-0.05, 0) is 41.2 Å². The normalized spacial score (nSPS) is 14.5. The number of rotatable bonds is 8. The molecule has 1 rings (SSSR count).